The fraction of sp³-hybridized carbons (Fsp3) is 0.333. The van der Waals surface area contributed by atoms with Crippen LogP contribution in [0.1, 0.15) is 0 Å². The summed E-state index contributed by atoms with van der Waals surface area (Å²) in [6.07, 6.45) is 1.00. The molecular weight excluding hydrogens is 226 g/mol. The van der Waals surface area contributed by atoms with E-state index < -0.39 is 6.16 Å². The molecule has 0 saturated heterocycles. The molecule has 15 heavy (non-hydrogen) atoms. The van der Waals surface area contributed by atoms with Gasteiger partial charge in [-0.3, -0.25) is 9.63 Å². The van der Waals surface area contributed by atoms with E-state index in [1.165, 1.54) is 23.9 Å². The van der Waals surface area contributed by atoms with Crippen LogP contribution in [-0.2, 0) is 9.57 Å². The molecule has 1 heterocycles. The summed E-state index contributed by atoms with van der Waals surface area (Å²) in [6, 6.07) is 0. The molecule has 1 rings (SSSR count). The quantitative estimate of drug-likeness (QED) is 0.671. The molecule has 9 heteroatoms. The summed E-state index contributed by atoms with van der Waals surface area (Å²) in [5.74, 6) is 0. The van der Waals surface area contributed by atoms with E-state index in [4.69, 9.17) is 9.84 Å². The van der Waals surface area contributed by atoms with Crippen LogP contribution in [0.25, 0.3) is 0 Å². The zero-order valence-corrected chi connectivity index (χ0v) is 8.56. The van der Waals surface area contributed by atoms with Crippen LogP contribution in [0.2, 0.25) is 0 Å². The molecule has 0 saturated carbocycles. The van der Waals surface area contributed by atoms with E-state index in [-0.39, 0.29) is 12.0 Å². The lowest BCUT2D eigenvalue weighted by atomic mass is 10.9. The van der Waals surface area contributed by atoms with Crippen molar-refractivity contribution in [2.75, 3.05) is 13.8 Å². The predicted octanol–water partition coefficient (Wildman–Crippen LogP) is 0.561. The number of carbonyl (C=O) groups is 2. The summed E-state index contributed by atoms with van der Waals surface area (Å²) >= 11 is 0.715. The molecule has 0 aliphatic carbocycles. The molecule has 84 valence electrons. The molecule has 0 aromatic heterocycles. The van der Waals surface area contributed by atoms with E-state index in [1.807, 2.05) is 0 Å². The van der Waals surface area contributed by atoms with Gasteiger partial charge in [-0.2, -0.15) is 0 Å². The number of rotatable bonds is 2. The van der Waals surface area contributed by atoms with Crippen LogP contribution in [0.5, 0.6) is 0 Å². The Morgan fingerprint density at radius 1 is 1.67 bits per heavy atom. The molecule has 0 atom stereocenters. The Kier molecular flexibility index (Phi) is 4.06. The fourth-order valence-corrected chi connectivity index (χ4v) is 1.26. The average Bonchev–Trinajstić information content (AvgIpc) is 2.20. The van der Waals surface area contributed by atoms with Gasteiger partial charge in [-0.05, 0) is 0 Å². The molecule has 8 nitrogen and oxygen atoms in total. The number of carboxylic acid groups (broad SMARTS) is 1. The van der Waals surface area contributed by atoms with E-state index in [0.717, 1.165) is 5.17 Å². The van der Waals surface area contributed by atoms with Crippen molar-refractivity contribution in [2.45, 2.75) is 0 Å². The van der Waals surface area contributed by atoms with Crippen molar-refractivity contribution in [1.29, 1.82) is 0 Å². The SMILES string of the molecule is CNC(=O)SN1COC=CN1OC(=O)O. The van der Waals surface area contributed by atoms with Gasteiger partial charge in [0.2, 0.25) is 0 Å². The van der Waals surface area contributed by atoms with Gasteiger partial charge in [0.25, 0.3) is 5.24 Å². The van der Waals surface area contributed by atoms with Gasteiger partial charge in [-0.1, -0.05) is 4.41 Å². The first-order valence-electron chi connectivity index (χ1n) is 3.79. The zero-order chi connectivity index (χ0) is 11.3. The largest absolute Gasteiger partial charge is 0.532 e. The van der Waals surface area contributed by atoms with E-state index in [2.05, 4.69) is 10.2 Å². The minimum atomic E-state index is -1.48. The second kappa shape index (κ2) is 5.32. The number of hydrogen-bond donors (Lipinski definition) is 2. The van der Waals surface area contributed by atoms with Crippen molar-refractivity contribution >= 4 is 23.3 Å². The Labute approximate surface area is 89.5 Å². The van der Waals surface area contributed by atoms with Crippen molar-refractivity contribution in [1.82, 2.24) is 14.9 Å². The highest BCUT2D eigenvalue weighted by atomic mass is 32.2. The van der Waals surface area contributed by atoms with E-state index in [9.17, 15) is 9.59 Å². The highest BCUT2D eigenvalue weighted by Crippen LogP contribution is 2.18. The van der Waals surface area contributed by atoms with Gasteiger partial charge in [-0.15, -0.1) is 5.17 Å². The lowest BCUT2D eigenvalue weighted by molar-refractivity contribution is -0.202. The molecule has 0 aromatic rings. The molecule has 0 unspecified atom stereocenters. The first kappa shape index (κ1) is 11.5. The number of ether oxygens (including phenoxy) is 1. The van der Waals surface area contributed by atoms with Gasteiger partial charge < -0.3 is 15.2 Å². The number of amides is 1. The minimum Gasteiger partial charge on any atom is -0.481 e. The van der Waals surface area contributed by atoms with Crippen LogP contribution < -0.4 is 5.32 Å². The topological polar surface area (TPSA) is 91.3 Å². The zero-order valence-electron chi connectivity index (χ0n) is 7.74. The van der Waals surface area contributed by atoms with Crippen LogP contribution in [0.15, 0.2) is 12.5 Å². The number of hydrazine groups is 1. The van der Waals surface area contributed by atoms with Crippen molar-refractivity contribution < 1.29 is 24.3 Å². The molecule has 0 radical (unpaired) electrons. The second-order valence-corrected chi connectivity index (χ2v) is 3.20. The maximum Gasteiger partial charge on any atom is 0.532 e. The summed E-state index contributed by atoms with van der Waals surface area (Å²) in [5.41, 5.74) is 0. The van der Waals surface area contributed by atoms with Crippen molar-refractivity contribution in [3.63, 3.8) is 0 Å². The number of carbonyl (C=O) groups excluding carboxylic acids is 1. The van der Waals surface area contributed by atoms with Gasteiger partial charge in [0.15, 0.2) is 6.73 Å². The molecule has 0 aromatic carbocycles. The van der Waals surface area contributed by atoms with Crippen LogP contribution in [0.3, 0.4) is 0 Å². The highest BCUT2D eigenvalue weighted by Gasteiger charge is 2.23. The number of nitrogens with zero attached hydrogens (tertiary/aromatic N) is 2. The number of nitrogens with one attached hydrogen (secondary N) is 1. The van der Waals surface area contributed by atoms with Crippen LogP contribution in [-0.4, -0.2) is 39.9 Å². The summed E-state index contributed by atoms with van der Waals surface area (Å²) in [7, 11) is 1.46. The summed E-state index contributed by atoms with van der Waals surface area (Å²) < 4.78 is 6.06. The minimum absolute atomic E-state index is 0.00185. The molecule has 2 N–H and O–H groups in total. The Bertz CT molecular complexity index is 284. The number of hydroxylamine groups is 1. The lowest BCUT2D eigenvalue weighted by Gasteiger charge is -2.30. The highest BCUT2D eigenvalue weighted by molar-refractivity contribution is 8.11. The first-order chi connectivity index (χ1) is 7.13. The molecular formula is C6H9N3O5S. The fourth-order valence-electron chi connectivity index (χ4n) is 0.697. The third-order valence-corrected chi connectivity index (χ3v) is 2.10. The summed E-state index contributed by atoms with van der Waals surface area (Å²) in [4.78, 5) is 25.7. The predicted molar refractivity (Wildman–Crippen MR) is 49.9 cm³/mol. The second-order valence-electron chi connectivity index (χ2n) is 2.22. The normalized spacial score (nSPS) is 15.7. The van der Waals surface area contributed by atoms with Crippen LogP contribution in [0.4, 0.5) is 9.59 Å². The molecule has 1 aliphatic rings. The molecule has 1 aliphatic heterocycles. The monoisotopic (exact) mass is 235 g/mol. The molecule has 0 spiro atoms. The lowest BCUT2D eigenvalue weighted by Crippen LogP contribution is -2.40. The smallest absolute Gasteiger partial charge is 0.481 e. The number of hydrogen-bond acceptors (Lipinski definition) is 7. The van der Waals surface area contributed by atoms with Gasteiger partial charge >= 0.3 is 6.16 Å². The van der Waals surface area contributed by atoms with E-state index in [0.29, 0.717) is 11.9 Å². The van der Waals surface area contributed by atoms with Gasteiger partial charge in [-0.25, -0.2) is 4.79 Å². The third kappa shape index (κ3) is 3.56. The maximum atomic E-state index is 11.0. The van der Waals surface area contributed by atoms with Gasteiger partial charge in [0.1, 0.15) is 6.26 Å². The Hall–Kier alpha value is -1.61. The summed E-state index contributed by atoms with van der Waals surface area (Å²) in [5, 5.41) is 11.3. The van der Waals surface area contributed by atoms with Gasteiger partial charge in [0.05, 0.1) is 6.20 Å². The van der Waals surface area contributed by atoms with Crippen LogP contribution >= 0.6 is 11.9 Å². The van der Waals surface area contributed by atoms with Crippen molar-refractivity contribution in [3.05, 3.63) is 12.5 Å². The standard InChI is InChI=1S/C6H9N3O5S/c1-7-5(10)15-9-4-13-3-2-8(9)14-6(11)12/h2-3H,4H2,1H3,(H,7,10)(H,11,12). The molecule has 0 fully saturated rings. The third-order valence-electron chi connectivity index (χ3n) is 1.25. The van der Waals surface area contributed by atoms with Gasteiger partial charge in [0, 0.05) is 19.0 Å². The summed E-state index contributed by atoms with van der Waals surface area (Å²) in [6.45, 7) is 0.00185. The molecule has 1 amide bonds. The molecule has 0 bridgehead atoms. The van der Waals surface area contributed by atoms with Crippen LogP contribution in [0, 0.1) is 0 Å². The van der Waals surface area contributed by atoms with Crippen molar-refractivity contribution in [2.24, 2.45) is 0 Å². The Morgan fingerprint density at radius 3 is 3.00 bits per heavy atom. The first-order valence-corrected chi connectivity index (χ1v) is 4.56. The Balaban J connectivity index is 2.56. The average molecular weight is 235 g/mol. The maximum absolute atomic E-state index is 11.0. The Morgan fingerprint density at radius 2 is 2.40 bits per heavy atom. The van der Waals surface area contributed by atoms with Crippen molar-refractivity contribution in [3.8, 4) is 0 Å². The van der Waals surface area contributed by atoms with E-state index >= 15 is 0 Å². The van der Waals surface area contributed by atoms with E-state index in [1.54, 1.807) is 0 Å².